The van der Waals surface area contributed by atoms with Crippen molar-refractivity contribution < 1.29 is 0 Å². The molecule has 0 amide bonds. The van der Waals surface area contributed by atoms with Crippen LogP contribution in [0, 0.1) is 11.3 Å². The van der Waals surface area contributed by atoms with E-state index < -0.39 is 0 Å². The van der Waals surface area contributed by atoms with Gasteiger partial charge < -0.3 is 5.73 Å². The molecule has 1 aromatic rings. The molecule has 10 heavy (non-hydrogen) atoms. The Morgan fingerprint density at radius 1 is 1.30 bits per heavy atom. The van der Waals surface area contributed by atoms with Gasteiger partial charge in [0.15, 0.2) is 0 Å². The monoisotopic (exact) mass is 246 g/mol. The molecule has 0 aliphatic carbocycles. The Labute approximate surface area is 76.7 Å². The Hall–Kier alpha value is -0.760. The normalized spacial score (nSPS) is 7.50. The van der Waals surface area contributed by atoms with Crippen LogP contribution < -0.4 is 5.73 Å². The van der Waals surface area contributed by atoms with Crippen LogP contribution in [0.25, 0.3) is 0 Å². The number of hydrogen-bond donors (Lipinski definition) is 1. The maximum absolute atomic E-state index is 8.39. The Balaban J connectivity index is 0.000000810. The van der Waals surface area contributed by atoms with E-state index in [0.29, 0.717) is 11.3 Å². The van der Waals surface area contributed by atoms with E-state index in [9.17, 15) is 0 Å². The van der Waals surface area contributed by atoms with Crippen molar-refractivity contribution in [2.45, 2.75) is 0 Å². The molecule has 0 heterocycles. The zero-order valence-electron chi connectivity index (χ0n) is 5.24. The van der Waals surface area contributed by atoms with Gasteiger partial charge in [0.05, 0.1) is 5.56 Å². The van der Waals surface area contributed by atoms with E-state index in [1.807, 2.05) is 6.07 Å². The maximum Gasteiger partial charge on any atom is 0.101 e. The summed E-state index contributed by atoms with van der Waals surface area (Å²) in [6, 6.07) is 8.96. The number of hydrogen-bond acceptors (Lipinski definition) is 2. The molecule has 0 aromatic heterocycles. The Morgan fingerprint density at radius 3 is 2.30 bits per heavy atom. The summed E-state index contributed by atoms with van der Waals surface area (Å²) in [6.45, 7) is 0. The average molecular weight is 246 g/mol. The standard InChI is InChI=1S/C7H6N2.HI/c8-5-6-3-1-2-4-7(6)9;/h1-4H,9H2;1H. The lowest BCUT2D eigenvalue weighted by Crippen LogP contribution is -1.87. The minimum absolute atomic E-state index is 0. The van der Waals surface area contributed by atoms with Crippen LogP contribution in [0.5, 0.6) is 0 Å². The smallest absolute Gasteiger partial charge is 0.101 e. The van der Waals surface area contributed by atoms with E-state index in [2.05, 4.69) is 0 Å². The highest BCUT2D eigenvalue weighted by Gasteiger charge is 1.90. The predicted octanol–water partition coefficient (Wildman–Crippen LogP) is 1.76. The fourth-order valence-corrected chi connectivity index (χ4v) is 0.599. The molecule has 0 saturated carbocycles. The van der Waals surface area contributed by atoms with Gasteiger partial charge >= 0.3 is 0 Å². The number of nitrogen functional groups attached to an aromatic ring is 1. The van der Waals surface area contributed by atoms with Crippen molar-refractivity contribution in [1.82, 2.24) is 0 Å². The number of nitriles is 1. The van der Waals surface area contributed by atoms with Gasteiger partial charge in [-0.15, -0.1) is 24.0 Å². The number of nitrogens with zero attached hydrogens (tertiary/aromatic N) is 1. The lowest BCUT2D eigenvalue weighted by atomic mass is 10.2. The lowest BCUT2D eigenvalue weighted by molar-refractivity contribution is 1.48. The first-order chi connectivity index (χ1) is 4.34. The van der Waals surface area contributed by atoms with E-state index in [0.717, 1.165) is 0 Å². The molecule has 0 saturated heterocycles. The summed E-state index contributed by atoms with van der Waals surface area (Å²) in [7, 11) is 0. The second-order valence-electron chi connectivity index (χ2n) is 1.70. The highest BCUT2D eigenvalue weighted by molar-refractivity contribution is 14.0. The molecule has 1 aromatic carbocycles. The van der Waals surface area contributed by atoms with E-state index in [-0.39, 0.29) is 24.0 Å². The maximum atomic E-state index is 8.39. The highest BCUT2D eigenvalue weighted by Crippen LogP contribution is 2.06. The summed E-state index contributed by atoms with van der Waals surface area (Å²) in [5.41, 5.74) is 6.49. The fraction of sp³-hybridized carbons (Fsp3) is 0. The van der Waals surface area contributed by atoms with Crippen molar-refractivity contribution in [3.8, 4) is 6.07 Å². The predicted molar refractivity (Wildman–Crippen MR) is 51.0 cm³/mol. The summed E-state index contributed by atoms with van der Waals surface area (Å²) in [5.74, 6) is 0. The van der Waals surface area contributed by atoms with Gasteiger partial charge in [0.25, 0.3) is 0 Å². The van der Waals surface area contributed by atoms with Gasteiger partial charge in [-0.3, -0.25) is 0 Å². The van der Waals surface area contributed by atoms with Crippen molar-refractivity contribution in [3.05, 3.63) is 29.8 Å². The van der Waals surface area contributed by atoms with Crippen LogP contribution in [-0.2, 0) is 0 Å². The molecule has 2 nitrogen and oxygen atoms in total. The molecule has 1 rings (SSSR count). The van der Waals surface area contributed by atoms with Gasteiger partial charge in [-0.25, -0.2) is 0 Å². The van der Waals surface area contributed by atoms with Crippen LogP contribution in [0.2, 0.25) is 0 Å². The third-order valence-electron chi connectivity index (χ3n) is 1.08. The van der Waals surface area contributed by atoms with E-state index >= 15 is 0 Å². The molecular formula is C7H7IN2. The summed E-state index contributed by atoms with van der Waals surface area (Å²) in [6.07, 6.45) is 0. The second-order valence-corrected chi connectivity index (χ2v) is 1.70. The quantitative estimate of drug-likeness (QED) is 0.560. The number of anilines is 1. The number of halogens is 1. The van der Waals surface area contributed by atoms with Crippen LogP contribution in [0.3, 0.4) is 0 Å². The molecule has 3 heteroatoms. The summed E-state index contributed by atoms with van der Waals surface area (Å²) in [5, 5.41) is 8.39. The third kappa shape index (κ3) is 1.88. The van der Waals surface area contributed by atoms with Crippen molar-refractivity contribution >= 4 is 29.7 Å². The van der Waals surface area contributed by atoms with Gasteiger partial charge in [-0.1, -0.05) is 12.1 Å². The minimum Gasteiger partial charge on any atom is -0.398 e. The van der Waals surface area contributed by atoms with Gasteiger partial charge in [0.1, 0.15) is 6.07 Å². The van der Waals surface area contributed by atoms with Crippen molar-refractivity contribution in [3.63, 3.8) is 0 Å². The largest absolute Gasteiger partial charge is 0.398 e. The van der Waals surface area contributed by atoms with Crippen LogP contribution in [0.4, 0.5) is 5.69 Å². The second kappa shape index (κ2) is 4.12. The van der Waals surface area contributed by atoms with Gasteiger partial charge in [-0.2, -0.15) is 5.26 Å². The molecule has 0 aliphatic rings. The van der Waals surface area contributed by atoms with Gasteiger partial charge in [-0.05, 0) is 12.1 Å². The SMILES string of the molecule is I.N#Cc1ccccc1N. The molecule has 0 unspecified atom stereocenters. The molecule has 2 N–H and O–H groups in total. The summed E-state index contributed by atoms with van der Waals surface area (Å²) >= 11 is 0. The number of para-hydroxylation sites is 1. The fourth-order valence-electron chi connectivity index (χ4n) is 0.599. The highest BCUT2D eigenvalue weighted by atomic mass is 127. The minimum atomic E-state index is 0. The van der Waals surface area contributed by atoms with E-state index in [1.54, 1.807) is 24.3 Å². The zero-order chi connectivity index (χ0) is 6.69. The van der Waals surface area contributed by atoms with E-state index in [4.69, 9.17) is 11.0 Å². The summed E-state index contributed by atoms with van der Waals surface area (Å²) in [4.78, 5) is 0. The lowest BCUT2D eigenvalue weighted by Gasteiger charge is -1.91. The topological polar surface area (TPSA) is 49.8 Å². The molecule has 52 valence electrons. The summed E-state index contributed by atoms with van der Waals surface area (Å²) < 4.78 is 0. The first-order valence-electron chi connectivity index (χ1n) is 2.59. The van der Waals surface area contributed by atoms with Gasteiger partial charge in [0.2, 0.25) is 0 Å². The molecule has 0 atom stereocenters. The molecular weight excluding hydrogens is 239 g/mol. The first-order valence-corrected chi connectivity index (χ1v) is 2.59. The van der Waals surface area contributed by atoms with Gasteiger partial charge in [0, 0.05) is 5.69 Å². The number of benzene rings is 1. The van der Waals surface area contributed by atoms with Crippen LogP contribution in [0.1, 0.15) is 5.56 Å². The number of rotatable bonds is 0. The van der Waals surface area contributed by atoms with E-state index in [1.165, 1.54) is 0 Å². The Kier molecular flexibility index (Phi) is 3.81. The van der Waals surface area contributed by atoms with Crippen LogP contribution >= 0.6 is 24.0 Å². The molecule has 0 fully saturated rings. The van der Waals surface area contributed by atoms with Crippen molar-refractivity contribution in [1.29, 1.82) is 5.26 Å². The Bertz CT molecular complexity index is 252. The molecule has 0 spiro atoms. The molecule has 0 aliphatic heterocycles. The average Bonchev–Trinajstić information content (AvgIpc) is 1.89. The number of nitrogens with two attached hydrogens (primary N) is 1. The van der Waals surface area contributed by atoms with Crippen LogP contribution in [-0.4, -0.2) is 0 Å². The van der Waals surface area contributed by atoms with Crippen molar-refractivity contribution in [2.24, 2.45) is 0 Å². The zero-order valence-corrected chi connectivity index (χ0v) is 7.57. The Morgan fingerprint density at radius 2 is 1.90 bits per heavy atom. The third-order valence-corrected chi connectivity index (χ3v) is 1.08. The van der Waals surface area contributed by atoms with Crippen molar-refractivity contribution in [2.75, 3.05) is 5.73 Å². The molecule has 0 bridgehead atoms. The first kappa shape index (κ1) is 9.24. The molecule has 0 radical (unpaired) electrons. The van der Waals surface area contributed by atoms with Crippen LogP contribution in [0.15, 0.2) is 24.3 Å².